The van der Waals surface area contributed by atoms with Crippen molar-refractivity contribution in [2.24, 2.45) is 5.92 Å². The number of aliphatic hydroxyl groups is 1. The van der Waals surface area contributed by atoms with E-state index in [1.807, 2.05) is 23.5 Å². The highest BCUT2D eigenvalue weighted by molar-refractivity contribution is 9.09. The molecule has 1 aliphatic heterocycles. The molecule has 100 valence electrons. The van der Waals surface area contributed by atoms with E-state index in [1.54, 1.807) is 0 Å². The molecule has 1 N–H and O–H groups in total. The second-order valence-electron chi connectivity index (χ2n) is 4.89. The first-order valence-electron chi connectivity index (χ1n) is 6.20. The summed E-state index contributed by atoms with van der Waals surface area (Å²) < 4.78 is -0.112. The van der Waals surface area contributed by atoms with Crippen LogP contribution in [0, 0.1) is 5.92 Å². The first-order chi connectivity index (χ1) is 8.02. The summed E-state index contributed by atoms with van der Waals surface area (Å²) in [6.07, 6.45) is 4.30. The Labute approximate surface area is 122 Å². The lowest BCUT2D eigenvalue weighted by molar-refractivity contribution is 0.114. The zero-order valence-corrected chi connectivity index (χ0v) is 14.1. The number of rotatable bonds is 5. The highest BCUT2D eigenvalue weighted by atomic mass is 79.9. The minimum atomic E-state index is -0.259. The third kappa shape index (κ3) is 4.48. The lowest BCUT2D eigenvalue weighted by atomic mass is 9.97. The van der Waals surface area contributed by atoms with Crippen molar-refractivity contribution in [1.82, 2.24) is 0 Å². The highest BCUT2D eigenvalue weighted by Gasteiger charge is 2.41. The van der Waals surface area contributed by atoms with Crippen molar-refractivity contribution in [3.05, 3.63) is 11.6 Å². The van der Waals surface area contributed by atoms with E-state index in [0.717, 1.165) is 23.3 Å². The number of halogens is 1. The summed E-state index contributed by atoms with van der Waals surface area (Å²) >= 11 is 7.32. The van der Waals surface area contributed by atoms with Crippen LogP contribution in [0.1, 0.15) is 33.6 Å². The lowest BCUT2D eigenvalue weighted by Crippen LogP contribution is -2.41. The van der Waals surface area contributed by atoms with Crippen LogP contribution in [0.4, 0.5) is 0 Å². The second kappa shape index (κ2) is 7.46. The fourth-order valence-electron chi connectivity index (χ4n) is 2.03. The molecule has 17 heavy (non-hydrogen) atoms. The molecule has 1 rings (SSSR count). The minimum absolute atomic E-state index is 0.112. The van der Waals surface area contributed by atoms with E-state index >= 15 is 0 Å². The van der Waals surface area contributed by atoms with E-state index in [0.29, 0.717) is 5.92 Å². The number of hydrogen-bond donors (Lipinski definition) is 1. The Morgan fingerprint density at radius 1 is 1.41 bits per heavy atom. The number of aliphatic hydroxyl groups excluding tert-OH is 1. The summed E-state index contributed by atoms with van der Waals surface area (Å²) in [5.74, 6) is 2.66. The van der Waals surface area contributed by atoms with Crippen molar-refractivity contribution < 1.29 is 5.11 Å². The SMILES string of the molecule is CC(C)=CC1(C(O)C(C)CCBr)SCCCS1. The van der Waals surface area contributed by atoms with Gasteiger partial charge in [-0.05, 0) is 44.1 Å². The predicted molar refractivity (Wildman–Crippen MR) is 85.3 cm³/mol. The molecular weight excluding hydrogens is 316 g/mol. The summed E-state index contributed by atoms with van der Waals surface area (Å²) in [7, 11) is 0. The summed E-state index contributed by atoms with van der Waals surface area (Å²) in [5.41, 5.74) is 1.30. The monoisotopic (exact) mass is 338 g/mol. The van der Waals surface area contributed by atoms with Crippen molar-refractivity contribution in [2.45, 2.75) is 43.8 Å². The lowest BCUT2D eigenvalue weighted by Gasteiger charge is -2.40. The van der Waals surface area contributed by atoms with Gasteiger partial charge in [0, 0.05) is 5.33 Å². The average molecular weight is 339 g/mol. The Bertz CT molecular complexity index is 258. The molecule has 0 amide bonds. The maximum atomic E-state index is 10.7. The summed E-state index contributed by atoms with van der Waals surface area (Å²) in [4.78, 5) is 0. The summed E-state index contributed by atoms with van der Waals surface area (Å²) in [5, 5.41) is 11.6. The van der Waals surface area contributed by atoms with Gasteiger partial charge in [-0.1, -0.05) is 34.5 Å². The van der Waals surface area contributed by atoms with Gasteiger partial charge in [0.15, 0.2) is 0 Å². The normalized spacial score (nSPS) is 22.9. The van der Waals surface area contributed by atoms with Crippen LogP contribution in [-0.4, -0.2) is 32.1 Å². The molecule has 0 aromatic carbocycles. The standard InChI is InChI=1S/C13H23BrOS2/c1-10(2)9-13(16-7-4-8-17-13)12(15)11(3)5-6-14/h9,11-12,15H,4-8H2,1-3H3. The molecule has 0 aromatic heterocycles. The van der Waals surface area contributed by atoms with Crippen LogP contribution in [-0.2, 0) is 0 Å². The van der Waals surface area contributed by atoms with Crippen molar-refractivity contribution in [3.8, 4) is 0 Å². The third-order valence-electron chi connectivity index (χ3n) is 2.95. The first-order valence-corrected chi connectivity index (χ1v) is 9.29. The smallest absolute Gasteiger partial charge is 0.105 e. The van der Waals surface area contributed by atoms with E-state index in [2.05, 4.69) is 42.8 Å². The molecule has 0 spiro atoms. The van der Waals surface area contributed by atoms with Gasteiger partial charge in [0.2, 0.25) is 0 Å². The van der Waals surface area contributed by atoms with Gasteiger partial charge in [0.05, 0.1) is 6.10 Å². The molecule has 0 saturated carbocycles. The van der Waals surface area contributed by atoms with Gasteiger partial charge in [0.1, 0.15) is 4.08 Å². The van der Waals surface area contributed by atoms with Crippen LogP contribution in [0.5, 0.6) is 0 Å². The molecule has 0 aliphatic carbocycles. The van der Waals surface area contributed by atoms with E-state index in [1.165, 1.54) is 12.0 Å². The van der Waals surface area contributed by atoms with Gasteiger partial charge >= 0.3 is 0 Å². The summed E-state index contributed by atoms with van der Waals surface area (Å²) in [6.45, 7) is 6.40. The van der Waals surface area contributed by atoms with Crippen molar-refractivity contribution in [1.29, 1.82) is 0 Å². The molecule has 1 heterocycles. The first kappa shape index (κ1) is 15.9. The Kier molecular flexibility index (Phi) is 7.00. The molecule has 4 heteroatoms. The zero-order chi connectivity index (χ0) is 12.9. The van der Waals surface area contributed by atoms with Gasteiger partial charge < -0.3 is 5.11 Å². The molecule has 0 aromatic rings. The van der Waals surface area contributed by atoms with E-state index in [-0.39, 0.29) is 10.2 Å². The van der Waals surface area contributed by atoms with Crippen LogP contribution in [0.2, 0.25) is 0 Å². The second-order valence-corrected chi connectivity index (χ2v) is 8.69. The fourth-order valence-corrected chi connectivity index (χ4v) is 6.43. The third-order valence-corrected chi connectivity index (χ3v) is 6.72. The van der Waals surface area contributed by atoms with Gasteiger partial charge in [-0.3, -0.25) is 0 Å². The molecule has 1 nitrogen and oxygen atoms in total. The van der Waals surface area contributed by atoms with Crippen LogP contribution in [0.15, 0.2) is 11.6 Å². The topological polar surface area (TPSA) is 20.2 Å². The quantitative estimate of drug-likeness (QED) is 0.596. The van der Waals surface area contributed by atoms with Crippen LogP contribution < -0.4 is 0 Å². The van der Waals surface area contributed by atoms with Gasteiger partial charge in [-0.25, -0.2) is 0 Å². The van der Waals surface area contributed by atoms with Gasteiger partial charge in [0.25, 0.3) is 0 Å². The molecule has 1 saturated heterocycles. The predicted octanol–water partition coefficient (Wildman–Crippen LogP) is 4.30. The maximum absolute atomic E-state index is 10.7. The number of hydrogen-bond acceptors (Lipinski definition) is 3. The van der Waals surface area contributed by atoms with Crippen LogP contribution >= 0.6 is 39.5 Å². The number of alkyl halides is 1. The van der Waals surface area contributed by atoms with Crippen LogP contribution in [0.3, 0.4) is 0 Å². The largest absolute Gasteiger partial charge is 0.390 e. The van der Waals surface area contributed by atoms with E-state index < -0.39 is 0 Å². The number of allylic oxidation sites excluding steroid dienone is 1. The molecular formula is C13H23BrOS2. The minimum Gasteiger partial charge on any atom is -0.390 e. The van der Waals surface area contributed by atoms with Crippen molar-refractivity contribution >= 4 is 39.5 Å². The van der Waals surface area contributed by atoms with E-state index in [4.69, 9.17) is 0 Å². The van der Waals surface area contributed by atoms with Crippen molar-refractivity contribution in [2.75, 3.05) is 16.8 Å². The molecule has 0 bridgehead atoms. The zero-order valence-electron chi connectivity index (χ0n) is 10.9. The molecule has 0 radical (unpaired) electrons. The average Bonchev–Trinajstić information content (AvgIpc) is 2.28. The Morgan fingerprint density at radius 2 is 2.00 bits per heavy atom. The Morgan fingerprint density at radius 3 is 2.47 bits per heavy atom. The van der Waals surface area contributed by atoms with Crippen molar-refractivity contribution in [3.63, 3.8) is 0 Å². The maximum Gasteiger partial charge on any atom is 0.105 e. The van der Waals surface area contributed by atoms with E-state index in [9.17, 15) is 5.11 Å². The molecule has 2 atom stereocenters. The Hall–Kier alpha value is 0.880. The highest BCUT2D eigenvalue weighted by Crippen LogP contribution is 2.48. The molecule has 1 aliphatic rings. The van der Waals surface area contributed by atoms with Crippen LogP contribution in [0.25, 0.3) is 0 Å². The molecule has 2 unspecified atom stereocenters. The van der Waals surface area contributed by atoms with Gasteiger partial charge in [-0.2, -0.15) is 0 Å². The summed E-state index contributed by atoms with van der Waals surface area (Å²) in [6, 6.07) is 0. The fraction of sp³-hybridized carbons (Fsp3) is 0.846. The number of thioether (sulfide) groups is 2. The van der Waals surface area contributed by atoms with Gasteiger partial charge in [-0.15, -0.1) is 23.5 Å². The Balaban J connectivity index is 2.85. The molecule has 1 fully saturated rings.